The van der Waals surface area contributed by atoms with Crippen LogP contribution in [0, 0.1) is 15.9 Å². The molecule has 0 radical (unpaired) electrons. The Hall–Kier alpha value is -3.24. The Morgan fingerprint density at radius 2 is 2.06 bits per heavy atom. The number of nitro groups is 1. The molecule has 0 bridgehead atoms. The number of rotatable bonds is 8. The highest BCUT2D eigenvalue weighted by molar-refractivity contribution is 8.00. The highest BCUT2D eigenvalue weighted by atomic mass is 35.5. The maximum Gasteiger partial charge on any atom is 0.306 e. The van der Waals surface area contributed by atoms with Crippen LogP contribution in [-0.4, -0.2) is 30.8 Å². The van der Waals surface area contributed by atoms with Gasteiger partial charge in [0.25, 0.3) is 0 Å². The van der Waals surface area contributed by atoms with Crippen LogP contribution in [0.1, 0.15) is 6.92 Å². The Labute approximate surface area is 186 Å². The number of aromatic nitrogens is 3. The summed E-state index contributed by atoms with van der Waals surface area (Å²) in [4.78, 5) is 22.6. The van der Waals surface area contributed by atoms with E-state index in [0.717, 1.165) is 17.7 Å². The molecule has 1 heterocycles. The first-order valence-electron chi connectivity index (χ1n) is 9.01. The Bertz CT molecular complexity index is 1140. The number of nitrogens with zero attached hydrogens (tertiary/aromatic N) is 4. The van der Waals surface area contributed by atoms with Crippen molar-refractivity contribution in [3.05, 3.63) is 76.1 Å². The topological polar surface area (TPSA) is 103 Å². The molecule has 31 heavy (non-hydrogen) atoms. The number of anilines is 1. The predicted molar refractivity (Wildman–Crippen MR) is 118 cm³/mol. The van der Waals surface area contributed by atoms with E-state index in [9.17, 15) is 19.3 Å². The van der Waals surface area contributed by atoms with Gasteiger partial charge < -0.3 is 5.32 Å². The van der Waals surface area contributed by atoms with E-state index >= 15 is 0 Å². The van der Waals surface area contributed by atoms with Crippen LogP contribution in [0.4, 0.5) is 15.8 Å². The number of allylic oxidation sites excluding steroid dienone is 1. The van der Waals surface area contributed by atoms with Crippen LogP contribution >= 0.6 is 23.4 Å². The number of hydrogen-bond acceptors (Lipinski definition) is 6. The zero-order chi connectivity index (χ0) is 22.5. The molecule has 1 aromatic heterocycles. The highest BCUT2D eigenvalue weighted by Gasteiger charge is 2.22. The maximum absolute atomic E-state index is 13.5. The first-order chi connectivity index (χ1) is 14.8. The van der Waals surface area contributed by atoms with Gasteiger partial charge in [0.2, 0.25) is 11.7 Å². The number of thioether (sulfide) groups is 1. The maximum atomic E-state index is 13.5. The van der Waals surface area contributed by atoms with Crippen molar-refractivity contribution >= 4 is 40.6 Å². The minimum Gasteiger partial charge on any atom is -0.325 e. The number of halogens is 2. The van der Waals surface area contributed by atoms with Gasteiger partial charge in [-0.05, 0) is 43.3 Å². The molecule has 3 aromatic rings. The zero-order valence-electron chi connectivity index (χ0n) is 16.3. The van der Waals surface area contributed by atoms with Gasteiger partial charge in [0, 0.05) is 28.9 Å². The molecule has 0 aliphatic rings. The molecule has 8 nitrogen and oxygen atoms in total. The Kier molecular flexibility index (Phi) is 7.03. The lowest BCUT2D eigenvalue weighted by Crippen LogP contribution is -2.23. The minimum absolute atomic E-state index is 0.125. The summed E-state index contributed by atoms with van der Waals surface area (Å²) in [5, 5.41) is 22.3. The smallest absolute Gasteiger partial charge is 0.306 e. The van der Waals surface area contributed by atoms with Crippen molar-refractivity contribution in [3.8, 4) is 11.4 Å². The van der Waals surface area contributed by atoms with E-state index < -0.39 is 27.6 Å². The lowest BCUT2D eigenvalue weighted by atomic mass is 10.2. The SMILES string of the molecule is C=CCn1c(SC(C)C(=O)Nc2ccc(F)c([N+](=O)[O-])c2)nnc1-c1ccc(Cl)cc1. The first-order valence-corrected chi connectivity index (χ1v) is 10.3. The summed E-state index contributed by atoms with van der Waals surface area (Å²) in [6.07, 6.45) is 1.69. The molecule has 0 aliphatic carbocycles. The van der Waals surface area contributed by atoms with Crippen molar-refractivity contribution in [3.63, 3.8) is 0 Å². The predicted octanol–water partition coefficient (Wildman–Crippen LogP) is 4.95. The van der Waals surface area contributed by atoms with Crippen LogP contribution in [0.25, 0.3) is 11.4 Å². The summed E-state index contributed by atoms with van der Waals surface area (Å²) in [5.74, 6) is -0.800. The number of benzene rings is 2. The summed E-state index contributed by atoms with van der Waals surface area (Å²) in [6.45, 7) is 5.84. The van der Waals surface area contributed by atoms with Crippen molar-refractivity contribution < 1.29 is 14.1 Å². The average Bonchev–Trinajstić information content (AvgIpc) is 3.12. The van der Waals surface area contributed by atoms with Gasteiger partial charge in [-0.15, -0.1) is 16.8 Å². The number of hydrogen-bond donors (Lipinski definition) is 1. The second kappa shape index (κ2) is 9.71. The van der Waals surface area contributed by atoms with Gasteiger partial charge in [0.05, 0.1) is 10.2 Å². The fourth-order valence-electron chi connectivity index (χ4n) is 2.67. The standard InChI is InChI=1S/C20H17ClFN5O3S/c1-3-10-26-18(13-4-6-14(21)7-5-13)24-25-20(26)31-12(2)19(28)23-15-8-9-16(22)17(11-15)27(29)30/h3-9,11-12H,1,10H2,2H3,(H,23,28). The van der Waals surface area contributed by atoms with Gasteiger partial charge in [-0.2, -0.15) is 4.39 Å². The van der Waals surface area contributed by atoms with Crippen LogP contribution in [-0.2, 0) is 11.3 Å². The molecule has 3 rings (SSSR count). The van der Waals surface area contributed by atoms with Gasteiger partial charge in [-0.25, -0.2) is 0 Å². The quantitative estimate of drug-likeness (QED) is 0.220. The second-order valence-corrected chi connectivity index (χ2v) is 8.13. The van der Waals surface area contributed by atoms with E-state index in [-0.39, 0.29) is 5.69 Å². The van der Waals surface area contributed by atoms with E-state index in [1.54, 1.807) is 25.1 Å². The van der Waals surface area contributed by atoms with E-state index in [0.29, 0.717) is 22.5 Å². The zero-order valence-corrected chi connectivity index (χ0v) is 17.9. The molecule has 1 N–H and O–H groups in total. The summed E-state index contributed by atoms with van der Waals surface area (Å²) in [7, 11) is 0. The third-order valence-electron chi connectivity index (χ3n) is 4.19. The molecule has 1 atom stereocenters. The lowest BCUT2D eigenvalue weighted by molar-refractivity contribution is -0.387. The van der Waals surface area contributed by atoms with Gasteiger partial charge in [0.1, 0.15) is 0 Å². The molecule has 2 aromatic carbocycles. The monoisotopic (exact) mass is 461 g/mol. The Morgan fingerprint density at radius 1 is 1.35 bits per heavy atom. The first kappa shape index (κ1) is 22.4. The second-order valence-electron chi connectivity index (χ2n) is 6.38. The molecule has 0 aliphatic heterocycles. The number of nitro benzene ring substituents is 1. The largest absolute Gasteiger partial charge is 0.325 e. The Balaban J connectivity index is 1.78. The summed E-state index contributed by atoms with van der Waals surface area (Å²) < 4.78 is 15.3. The van der Waals surface area contributed by atoms with Crippen LogP contribution in [0.2, 0.25) is 5.02 Å². The highest BCUT2D eigenvalue weighted by Crippen LogP contribution is 2.29. The summed E-state index contributed by atoms with van der Waals surface area (Å²) in [6, 6.07) is 10.3. The fraction of sp³-hybridized carbons (Fsp3) is 0.150. The van der Waals surface area contributed by atoms with Gasteiger partial charge in [-0.1, -0.05) is 29.4 Å². The molecule has 11 heteroatoms. The molecule has 160 valence electrons. The molecule has 0 fully saturated rings. The molecule has 1 amide bonds. The molecular weight excluding hydrogens is 445 g/mol. The molecular formula is C20H17ClFN5O3S. The molecule has 1 unspecified atom stereocenters. The lowest BCUT2D eigenvalue weighted by Gasteiger charge is -2.13. The third-order valence-corrected chi connectivity index (χ3v) is 5.53. The van der Waals surface area contributed by atoms with E-state index in [1.807, 2.05) is 16.7 Å². The average molecular weight is 462 g/mol. The van der Waals surface area contributed by atoms with Crippen LogP contribution in [0.15, 0.2) is 60.3 Å². The van der Waals surface area contributed by atoms with Crippen molar-refractivity contribution in [2.24, 2.45) is 0 Å². The van der Waals surface area contributed by atoms with Gasteiger partial charge in [-0.3, -0.25) is 19.5 Å². The minimum atomic E-state index is -0.974. The van der Waals surface area contributed by atoms with E-state index in [1.165, 1.54) is 17.8 Å². The molecule has 0 spiro atoms. The van der Waals surface area contributed by atoms with Crippen LogP contribution in [0.5, 0.6) is 0 Å². The summed E-state index contributed by atoms with van der Waals surface area (Å²) >= 11 is 7.11. The molecule has 0 saturated heterocycles. The van der Waals surface area contributed by atoms with Crippen LogP contribution in [0.3, 0.4) is 0 Å². The Morgan fingerprint density at radius 3 is 2.71 bits per heavy atom. The van der Waals surface area contributed by atoms with Crippen molar-refractivity contribution in [1.82, 2.24) is 14.8 Å². The van der Waals surface area contributed by atoms with Crippen molar-refractivity contribution in [2.45, 2.75) is 23.9 Å². The number of amides is 1. The number of carbonyl (C=O) groups excluding carboxylic acids is 1. The van der Waals surface area contributed by atoms with Gasteiger partial charge in [0.15, 0.2) is 11.0 Å². The fourth-order valence-corrected chi connectivity index (χ4v) is 3.65. The van der Waals surface area contributed by atoms with Crippen LogP contribution < -0.4 is 5.32 Å². The third kappa shape index (κ3) is 5.28. The normalized spacial score (nSPS) is 11.7. The van der Waals surface area contributed by atoms with E-state index in [2.05, 4.69) is 22.1 Å². The van der Waals surface area contributed by atoms with Crippen molar-refractivity contribution in [2.75, 3.05) is 5.32 Å². The molecule has 0 saturated carbocycles. The van der Waals surface area contributed by atoms with Gasteiger partial charge >= 0.3 is 5.69 Å². The number of carbonyl (C=O) groups is 1. The summed E-state index contributed by atoms with van der Waals surface area (Å²) in [5.41, 5.74) is 0.220. The van der Waals surface area contributed by atoms with E-state index in [4.69, 9.17) is 11.6 Å². The van der Waals surface area contributed by atoms with Crippen molar-refractivity contribution in [1.29, 1.82) is 0 Å². The number of nitrogens with one attached hydrogen (secondary N) is 1.